The number of aryl methyl sites for hydroxylation is 2. The van der Waals surface area contributed by atoms with E-state index in [2.05, 4.69) is 9.98 Å². The number of nitrogens with two attached hydrogens (primary N) is 4. The summed E-state index contributed by atoms with van der Waals surface area (Å²) in [4.78, 5) is 117. The summed E-state index contributed by atoms with van der Waals surface area (Å²) in [7, 11) is 0. The first kappa shape index (κ1) is 57.4. The molecule has 12 N–H and O–H groups in total. The minimum Gasteiger partial charge on any atom is -0.489 e. The van der Waals surface area contributed by atoms with Gasteiger partial charge in [-0.2, -0.15) is 0 Å². The topological polar surface area (TPSA) is 390 Å². The number of rotatable bonds is 17. The van der Waals surface area contributed by atoms with Crippen LogP contribution in [0.15, 0.2) is 131 Å². The molecule has 0 spiro atoms. The number of carboxylic acids is 4. The van der Waals surface area contributed by atoms with E-state index in [1.54, 1.807) is 60.7 Å². The van der Waals surface area contributed by atoms with E-state index in [1.165, 1.54) is 60.7 Å². The second-order valence-electron chi connectivity index (χ2n) is 18.9. The molecular formula is C58H54N8O16. The Balaban J connectivity index is 1.10. The molecule has 24 nitrogen and oxygen atoms in total. The average molecular weight is 1120 g/mol. The van der Waals surface area contributed by atoms with Crippen LogP contribution >= 0.6 is 0 Å². The lowest BCUT2D eigenvalue weighted by Gasteiger charge is -2.30. The van der Waals surface area contributed by atoms with Gasteiger partial charge in [-0.1, -0.05) is 48.5 Å². The summed E-state index contributed by atoms with van der Waals surface area (Å²) < 4.78 is 23.7. The summed E-state index contributed by atoms with van der Waals surface area (Å²) in [6, 6.07) is 26.5. The number of nitrogens with zero attached hydrogens (tertiary/aromatic N) is 4. The van der Waals surface area contributed by atoms with Gasteiger partial charge in [0.2, 0.25) is 0 Å². The van der Waals surface area contributed by atoms with Crippen LogP contribution < -0.4 is 41.9 Å². The smallest absolute Gasteiger partial charge is 0.343 e. The van der Waals surface area contributed by atoms with Gasteiger partial charge < -0.3 is 72.1 Å². The number of aliphatic carboxylic acids is 4. The molecule has 0 aromatic heterocycles. The number of amides is 2. The highest BCUT2D eigenvalue weighted by Crippen LogP contribution is 2.38. The number of hydrogen-bond acceptors (Lipinski definition) is 14. The second kappa shape index (κ2) is 25.3. The van der Waals surface area contributed by atoms with Gasteiger partial charge in [0.1, 0.15) is 12.1 Å². The number of esters is 2. The third kappa shape index (κ3) is 13.7. The summed E-state index contributed by atoms with van der Waals surface area (Å²) in [6.45, 7) is -0.976. The van der Waals surface area contributed by atoms with Crippen LogP contribution in [-0.2, 0) is 45.1 Å². The van der Waals surface area contributed by atoms with E-state index < -0.39 is 85.6 Å². The molecule has 422 valence electrons. The third-order valence-electron chi connectivity index (χ3n) is 13.1. The summed E-state index contributed by atoms with van der Waals surface area (Å²) in [5.41, 5.74) is 25.6. The molecule has 0 radical (unpaired) electrons. The van der Waals surface area contributed by atoms with Crippen molar-refractivity contribution in [2.45, 2.75) is 63.7 Å². The van der Waals surface area contributed by atoms with Crippen LogP contribution in [0.5, 0.6) is 23.0 Å². The number of guanidine groups is 2. The van der Waals surface area contributed by atoms with Crippen molar-refractivity contribution >= 4 is 70.9 Å². The van der Waals surface area contributed by atoms with Crippen molar-refractivity contribution in [1.29, 1.82) is 0 Å². The maximum atomic E-state index is 14.8. The van der Waals surface area contributed by atoms with Crippen molar-refractivity contribution in [1.82, 2.24) is 9.80 Å². The van der Waals surface area contributed by atoms with Crippen LogP contribution in [0.3, 0.4) is 0 Å². The van der Waals surface area contributed by atoms with Gasteiger partial charge in [0, 0.05) is 13.1 Å². The maximum Gasteiger partial charge on any atom is 0.343 e. The number of benzene rings is 6. The largest absolute Gasteiger partial charge is 0.489 e. The van der Waals surface area contributed by atoms with Crippen LogP contribution in [-0.4, -0.2) is 115 Å². The molecule has 2 atom stereocenters. The molecule has 0 bridgehead atoms. The van der Waals surface area contributed by atoms with Gasteiger partial charge in [-0.25, -0.2) is 29.2 Å². The van der Waals surface area contributed by atoms with Crippen LogP contribution in [0.2, 0.25) is 0 Å². The number of carboxylic acid groups (broad SMARTS) is 4. The highest BCUT2D eigenvalue weighted by molar-refractivity contribution is 6.03. The monoisotopic (exact) mass is 1120 g/mol. The number of para-hydroxylation sites is 2. The molecule has 0 saturated carbocycles. The zero-order chi connectivity index (χ0) is 58.8. The number of fused-ring (bicyclic) bond motifs is 4. The number of carbonyl (C=O) groups excluding carboxylic acids is 4. The zero-order valence-corrected chi connectivity index (χ0v) is 43.6. The van der Waals surface area contributed by atoms with Crippen LogP contribution in [0.1, 0.15) is 89.4 Å². The van der Waals surface area contributed by atoms with Crippen LogP contribution in [0, 0.1) is 0 Å². The van der Waals surface area contributed by atoms with Gasteiger partial charge in [-0.15, -0.1) is 0 Å². The zero-order valence-electron chi connectivity index (χ0n) is 43.6. The fraction of sp³-hybridized carbons (Fsp3) is 0.207. The molecule has 0 unspecified atom stereocenters. The van der Waals surface area contributed by atoms with Crippen molar-refractivity contribution in [3.8, 4) is 34.1 Å². The Hall–Kier alpha value is -10.8. The number of aliphatic imine (C=N–C) groups is 2. The Bertz CT molecular complexity index is 3360. The van der Waals surface area contributed by atoms with Crippen molar-refractivity contribution < 1.29 is 77.7 Å². The summed E-state index contributed by atoms with van der Waals surface area (Å²) in [5.74, 6) is -11.0. The first-order valence-corrected chi connectivity index (χ1v) is 25.3. The molecule has 2 aliphatic rings. The predicted octanol–water partition coefficient (Wildman–Crippen LogP) is 5.39. The van der Waals surface area contributed by atoms with Crippen molar-refractivity contribution in [3.63, 3.8) is 0 Å². The lowest BCUT2D eigenvalue weighted by atomic mass is 9.99. The van der Waals surface area contributed by atoms with Gasteiger partial charge in [0.25, 0.3) is 11.8 Å². The van der Waals surface area contributed by atoms with Crippen molar-refractivity contribution in [2.75, 3.05) is 13.2 Å². The van der Waals surface area contributed by atoms with Crippen LogP contribution in [0.25, 0.3) is 11.1 Å². The van der Waals surface area contributed by atoms with Gasteiger partial charge >= 0.3 is 35.8 Å². The van der Waals surface area contributed by atoms with Crippen LogP contribution in [0.4, 0.5) is 11.4 Å². The molecule has 0 aliphatic carbocycles. The molecule has 0 fully saturated rings. The molecule has 2 heterocycles. The Morgan fingerprint density at radius 1 is 0.512 bits per heavy atom. The fourth-order valence-corrected chi connectivity index (χ4v) is 9.46. The highest BCUT2D eigenvalue weighted by Gasteiger charge is 2.37. The van der Waals surface area contributed by atoms with Gasteiger partial charge in [-0.3, -0.25) is 19.2 Å². The molecule has 0 saturated heterocycles. The minimum absolute atomic E-state index is 0.0108. The molecular weight excluding hydrogens is 1060 g/mol. The molecule has 2 amide bonds. The van der Waals surface area contributed by atoms with Crippen molar-refractivity contribution in [3.05, 3.63) is 166 Å². The molecule has 6 aromatic rings. The molecule has 2 aliphatic heterocycles. The number of ether oxygens (including phenoxy) is 4. The van der Waals surface area contributed by atoms with E-state index in [9.17, 15) is 58.8 Å². The molecule has 6 aromatic carbocycles. The Morgan fingerprint density at radius 3 is 1.27 bits per heavy atom. The Labute approximate surface area is 466 Å². The Kier molecular flexibility index (Phi) is 17.7. The minimum atomic E-state index is -1.93. The first-order chi connectivity index (χ1) is 39.2. The molecule has 24 heteroatoms. The van der Waals surface area contributed by atoms with Crippen molar-refractivity contribution in [2.24, 2.45) is 32.9 Å². The standard InChI is InChI=1S/C58H54N8O16/c59-57(60)63-37-17-19-39-35(25-37)11-5-21-79-49-41(13-3-15-45(49)81-55(39)77)51(71)65(43(53(73)74)27-47(67)68)29-31-7-1-9-33(23-31)34-10-2-8-32(24-34)30-66(44(54(75)76)28-48(69)70)52(72)42-14-4-16-46-50(42)80-22-6-12-36-26-38(64-58(61)62)18-20-40(36)56(78)82-46/h1-4,7-10,13-20,23-26,43-44H,5-6,11-12,21-22,27-30H2,(H,67,68)(H,69,70)(H,73,74)(H,75,76)(H4,59,60,63)(H4,61,62,64)/t43-,44-/m0/s1. The summed E-state index contributed by atoms with van der Waals surface area (Å²) >= 11 is 0. The summed E-state index contributed by atoms with van der Waals surface area (Å²) in [5, 5.41) is 40.8. The summed E-state index contributed by atoms with van der Waals surface area (Å²) in [6.07, 6.45) is -0.782. The van der Waals surface area contributed by atoms with E-state index in [0.717, 1.165) is 9.80 Å². The highest BCUT2D eigenvalue weighted by atomic mass is 16.6. The SMILES string of the molecule is NC(N)=Nc1ccc2c(c1)CCCOc1c(cccc1C(=O)N(Cc1cccc(-c3cccc(CN(C(=O)c4cccc5c4OCCCc4cc(N=C(N)N)ccc4C(=O)O5)[C@@H](CC(=O)O)C(=O)O)c3)c1)[C@@H](CC(=O)O)C(=O)O)OC2=O. The molecule has 82 heavy (non-hydrogen) atoms. The van der Waals surface area contributed by atoms with E-state index in [-0.39, 0.29) is 70.4 Å². The molecule has 8 rings (SSSR count). The van der Waals surface area contributed by atoms with Gasteiger partial charge in [0.15, 0.2) is 34.9 Å². The van der Waals surface area contributed by atoms with Gasteiger partial charge in [0.05, 0.1) is 59.7 Å². The van der Waals surface area contributed by atoms with E-state index >= 15 is 0 Å². The van der Waals surface area contributed by atoms with E-state index in [1.807, 2.05) is 0 Å². The maximum absolute atomic E-state index is 14.8. The first-order valence-electron chi connectivity index (χ1n) is 25.3. The predicted molar refractivity (Wildman–Crippen MR) is 293 cm³/mol. The Morgan fingerprint density at radius 2 is 0.902 bits per heavy atom. The lowest BCUT2D eigenvalue weighted by molar-refractivity contribution is -0.149. The fourth-order valence-electron chi connectivity index (χ4n) is 9.46. The average Bonchev–Trinajstić information content (AvgIpc) is 3.64. The lowest BCUT2D eigenvalue weighted by Crippen LogP contribution is -2.46. The number of hydrogen-bond donors (Lipinski definition) is 8. The van der Waals surface area contributed by atoms with E-state index in [4.69, 9.17) is 41.9 Å². The van der Waals surface area contributed by atoms with Gasteiger partial charge in [-0.05, 0) is 132 Å². The quantitative estimate of drug-likeness (QED) is 0.0245. The second-order valence-corrected chi connectivity index (χ2v) is 18.9. The van der Waals surface area contributed by atoms with E-state index in [0.29, 0.717) is 70.4 Å². The third-order valence-corrected chi connectivity index (χ3v) is 13.1. The number of carbonyl (C=O) groups is 8. The normalized spacial score (nSPS) is 13.6.